The minimum absolute atomic E-state index is 0.242. The fourth-order valence-electron chi connectivity index (χ4n) is 1.60. The fourth-order valence-corrected chi connectivity index (χ4v) is 1.85. The molecule has 1 unspecified atom stereocenters. The van der Waals surface area contributed by atoms with Gasteiger partial charge in [0.15, 0.2) is 0 Å². The number of halogens is 2. The zero-order chi connectivity index (χ0) is 13.1. The Bertz CT molecular complexity index is 544. The van der Waals surface area contributed by atoms with Crippen LogP contribution in [-0.2, 0) is 0 Å². The number of rotatable bonds is 4. The summed E-state index contributed by atoms with van der Waals surface area (Å²) in [5.74, 6) is 0.281. The van der Waals surface area contributed by atoms with Gasteiger partial charge in [0.05, 0.1) is 11.1 Å². The van der Waals surface area contributed by atoms with Gasteiger partial charge in [-0.2, -0.15) is 4.98 Å². The van der Waals surface area contributed by atoms with Gasteiger partial charge in [-0.3, -0.25) is 0 Å². The predicted octanol–water partition coefficient (Wildman–Crippen LogP) is 3.33. The Balaban J connectivity index is 2.29. The molecule has 0 aliphatic heterocycles. The van der Waals surface area contributed by atoms with Crippen molar-refractivity contribution >= 4 is 11.6 Å². The van der Waals surface area contributed by atoms with E-state index in [9.17, 15) is 4.39 Å². The molecular weight excluding hydrogens is 257 g/mol. The lowest BCUT2D eigenvalue weighted by molar-refractivity contribution is 0.348. The normalized spacial score (nSPS) is 12.7. The summed E-state index contributed by atoms with van der Waals surface area (Å²) in [5.41, 5.74) is 6.39. The lowest BCUT2D eigenvalue weighted by atomic mass is 10.2. The number of hydrogen-bond acceptors (Lipinski definition) is 4. The lowest BCUT2D eigenvalue weighted by Gasteiger charge is -2.02. The summed E-state index contributed by atoms with van der Waals surface area (Å²) in [7, 11) is 0. The molecule has 0 amide bonds. The Labute approximate surface area is 109 Å². The van der Waals surface area contributed by atoms with E-state index in [1.54, 1.807) is 0 Å². The molecule has 18 heavy (non-hydrogen) atoms. The first-order valence-electron chi connectivity index (χ1n) is 5.66. The molecule has 6 heteroatoms. The number of aromatic nitrogens is 2. The SMILES string of the molecule is CCCC(N)c1nc(-c2ccc(F)cc2Cl)no1. The highest BCUT2D eigenvalue weighted by molar-refractivity contribution is 6.33. The molecule has 1 heterocycles. The molecule has 1 aromatic heterocycles. The van der Waals surface area contributed by atoms with Crippen LogP contribution in [0.15, 0.2) is 22.7 Å². The maximum Gasteiger partial charge on any atom is 0.243 e. The summed E-state index contributed by atoms with van der Waals surface area (Å²) in [6.07, 6.45) is 1.69. The van der Waals surface area contributed by atoms with Gasteiger partial charge in [-0.15, -0.1) is 0 Å². The third kappa shape index (κ3) is 2.68. The first-order valence-corrected chi connectivity index (χ1v) is 6.04. The molecule has 2 rings (SSSR count). The lowest BCUT2D eigenvalue weighted by Crippen LogP contribution is -2.09. The summed E-state index contributed by atoms with van der Waals surface area (Å²) in [4.78, 5) is 4.18. The van der Waals surface area contributed by atoms with E-state index in [4.69, 9.17) is 21.9 Å². The second-order valence-electron chi connectivity index (χ2n) is 3.98. The van der Waals surface area contributed by atoms with E-state index in [1.807, 2.05) is 6.92 Å². The molecule has 1 atom stereocenters. The third-order valence-electron chi connectivity index (χ3n) is 2.53. The Hall–Kier alpha value is -1.46. The van der Waals surface area contributed by atoms with Gasteiger partial charge >= 0.3 is 0 Å². The van der Waals surface area contributed by atoms with Crippen molar-refractivity contribution in [3.8, 4) is 11.4 Å². The first kappa shape index (κ1) is 13.0. The zero-order valence-corrected chi connectivity index (χ0v) is 10.6. The number of hydrogen-bond donors (Lipinski definition) is 1. The third-order valence-corrected chi connectivity index (χ3v) is 2.84. The van der Waals surface area contributed by atoms with Crippen molar-refractivity contribution < 1.29 is 8.91 Å². The van der Waals surface area contributed by atoms with E-state index in [1.165, 1.54) is 18.2 Å². The summed E-state index contributed by atoms with van der Waals surface area (Å²) >= 11 is 5.92. The second-order valence-corrected chi connectivity index (χ2v) is 4.38. The highest BCUT2D eigenvalue weighted by Crippen LogP contribution is 2.27. The molecule has 0 aliphatic rings. The van der Waals surface area contributed by atoms with Crippen molar-refractivity contribution in [2.75, 3.05) is 0 Å². The van der Waals surface area contributed by atoms with Gasteiger partial charge in [0.25, 0.3) is 0 Å². The number of nitrogens with two attached hydrogens (primary N) is 1. The van der Waals surface area contributed by atoms with Crippen LogP contribution in [0.3, 0.4) is 0 Å². The molecule has 2 N–H and O–H groups in total. The first-order chi connectivity index (χ1) is 8.61. The maximum absolute atomic E-state index is 12.9. The van der Waals surface area contributed by atoms with E-state index in [-0.39, 0.29) is 11.1 Å². The molecule has 0 radical (unpaired) electrons. The van der Waals surface area contributed by atoms with E-state index in [0.717, 1.165) is 12.8 Å². The van der Waals surface area contributed by atoms with Crippen LogP contribution in [0.1, 0.15) is 31.7 Å². The Kier molecular flexibility index (Phi) is 3.93. The predicted molar refractivity (Wildman–Crippen MR) is 66.5 cm³/mol. The molecule has 0 aliphatic carbocycles. The van der Waals surface area contributed by atoms with Gasteiger partial charge in [0.1, 0.15) is 5.82 Å². The summed E-state index contributed by atoms with van der Waals surface area (Å²) < 4.78 is 18.0. The standard InChI is InChI=1S/C12H13ClFN3O/c1-2-3-10(15)12-16-11(17-18-12)8-5-4-7(14)6-9(8)13/h4-6,10H,2-3,15H2,1H3. The van der Waals surface area contributed by atoms with Crippen LogP contribution in [0.5, 0.6) is 0 Å². The maximum atomic E-state index is 12.9. The van der Waals surface area contributed by atoms with Crippen LogP contribution < -0.4 is 5.73 Å². The van der Waals surface area contributed by atoms with Crippen LogP contribution in [0.2, 0.25) is 5.02 Å². The number of nitrogens with zero attached hydrogens (tertiary/aromatic N) is 2. The Morgan fingerprint density at radius 1 is 1.50 bits per heavy atom. The van der Waals surface area contributed by atoms with E-state index in [2.05, 4.69) is 10.1 Å². The van der Waals surface area contributed by atoms with Crippen molar-refractivity contribution in [2.24, 2.45) is 5.73 Å². The van der Waals surface area contributed by atoms with Crippen molar-refractivity contribution in [2.45, 2.75) is 25.8 Å². The van der Waals surface area contributed by atoms with E-state index < -0.39 is 5.82 Å². The average molecular weight is 270 g/mol. The van der Waals surface area contributed by atoms with Gasteiger partial charge in [0.2, 0.25) is 11.7 Å². The monoisotopic (exact) mass is 269 g/mol. The quantitative estimate of drug-likeness (QED) is 0.925. The van der Waals surface area contributed by atoms with Gasteiger partial charge in [-0.25, -0.2) is 4.39 Å². The topological polar surface area (TPSA) is 64.9 Å². The summed E-state index contributed by atoms with van der Waals surface area (Å²) in [6.45, 7) is 2.02. The molecule has 2 aromatic rings. The van der Waals surface area contributed by atoms with Crippen molar-refractivity contribution in [1.29, 1.82) is 0 Å². The van der Waals surface area contributed by atoms with Crippen LogP contribution >= 0.6 is 11.6 Å². The molecule has 0 spiro atoms. The highest BCUT2D eigenvalue weighted by atomic mass is 35.5. The average Bonchev–Trinajstić information content (AvgIpc) is 2.78. The van der Waals surface area contributed by atoms with Gasteiger partial charge in [0, 0.05) is 5.56 Å². The molecule has 0 bridgehead atoms. The summed E-state index contributed by atoms with van der Waals surface area (Å²) in [6, 6.07) is 3.73. The van der Waals surface area contributed by atoms with Crippen molar-refractivity contribution in [1.82, 2.24) is 10.1 Å². The Morgan fingerprint density at radius 2 is 2.28 bits per heavy atom. The Morgan fingerprint density at radius 3 is 2.94 bits per heavy atom. The van der Waals surface area contributed by atoms with Crippen LogP contribution in [-0.4, -0.2) is 10.1 Å². The summed E-state index contributed by atoms with van der Waals surface area (Å²) in [5, 5.41) is 4.05. The van der Waals surface area contributed by atoms with Gasteiger partial charge < -0.3 is 10.3 Å². The minimum atomic E-state index is -0.407. The van der Waals surface area contributed by atoms with Gasteiger partial charge in [-0.1, -0.05) is 30.1 Å². The molecule has 0 saturated carbocycles. The number of benzene rings is 1. The smallest absolute Gasteiger partial charge is 0.243 e. The molecule has 0 fully saturated rings. The molecule has 4 nitrogen and oxygen atoms in total. The molecule has 96 valence electrons. The zero-order valence-electron chi connectivity index (χ0n) is 9.86. The largest absolute Gasteiger partial charge is 0.337 e. The molecular formula is C12H13ClFN3O. The molecule has 0 saturated heterocycles. The second kappa shape index (κ2) is 5.46. The van der Waals surface area contributed by atoms with Crippen LogP contribution in [0.4, 0.5) is 4.39 Å². The van der Waals surface area contributed by atoms with Crippen LogP contribution in [0.25, 0.3) is 11.4 Å². The minimum Gasteiger partial charge on any atom is -0.337 e. The highest BCUT2D eigenvalue weighted by Gasteiger charge is 2.16. The van der Waals surface area contributed by atoms with Crippen molar-refractivity contribution in [3.63, 3.8) is 0 Å². The van der Waals surface area contributed by atoms with Crippen LogP contribution in [0, 0.1) is 5.82 Å². The van der Waals surface area contributed by atoms with E-state index in [0.29, 0.717) is 17.3 Å². The van der Waals surface area contributed by atoms with E-state index >= 15 is 0 Å². The molecule has 1 aromatic carbocycles. The fraction of sp³-hybridized carbons (Fsp3) is 0.333. The van der Waals surface area contributed by atoms with Crippen molar-refractivity contribution in [3.05, 3.63) is 34.9 Å². The van der Waals surface area contributed by atoms with Gasteiger partial charge in [-0.05, 0) is 24.6 Å².